The molecule has 176 valence electrons. The minimum atomic E-state index is -0.243. The van der Waals surface area contributed by atoms with Crippen LogP contribution in [0.15, 0.2) is 47.4 Å². The summed E-state index contributed by atoms with van der Waals surface area (Å²) in [6.45, 7) is 2.27. The number of hydrogen-bond donors (Lipinski definition) is 3. The molecule has 4 unspecified atom stereocenters. The van der Waals surface area contributed by atoms with E-state index in [9.17, 15) is 9.59 Å². The van der Waals surface area contributed by atoms with Crippen LogP contribution in [0.2, 0.25) is 0 Å². The Labute approximate surface area is 200 Å². The Kier molecular flexibility index (Phi) is 7.19. The van der Waals surface area contributed by atoms with Gasteiger partial charge in [-0.15, -0.1) is 11.8 Å². The van der Waals surface area contributed by atoms with E-state index in [-0.39, 0.29) is 35.3 Å². The average Bonchev–Trinajstić information content (AvgIpc) is 3.30. The summed E-state index contributed by atoms with van der Waals surface area (Å²) in [6, 6.07) is 10.3. The van der Waals surface area contributed by atoms with E-state index in [2.05, 4.69) is 44.5 Å². The van der Waals surface area contributed by atoms with E-state index >= 15 is 0 Å². The molecule has 1 aromatic rings. The first-order valence-corrected chi connectivity index (χ1v) is 13.3. The van der Waals surface area contributed by atoms with Crippen LogP contribution in [-0.4, -0.2) is 53.9 Å². The number of hydrogen-bond acceptors (Lipinski definition) is 5. The summed E-state index contributed by atoms with van der Waals surface area (Å²) in [5, 5.41) is 12.0. The van der Waals surface area contributed by atoms with E-state index < -0.39 is 0 Å². The number of thioether (sulfide) groups is 1. The molecular weight excluding hydrogens is 432 g/mol. The molecular formula is C26H34N4O2S. The molecule has 3 aliphatic heterocycles. The standard InChI is InChI=1S/C26H34N4O2S/c31-24(27-14-13-18-8-3-1-4-9-18)20-12-7-15-30(16-20)26-28-22-21(19-10-5-2-6-11-19)17-33-23(22)25(32)29-26/h2,5-6,8,10-11,17,20,22-23,26,28H,1,3-4,7,9,12-16H2,(H,27,31)(H,29,32). The van der Waals surface area contributed by atoms with Gasteiger partial charge in [0.1, 0.15) is 11.5 Å². The zero-order chi connectivity index (χ0) is 22.6. The quantitative estimate of drug-likeness (QED) is 0.562. The van der Waals surface area contributed by atoms with Gasteiger partial charge in [0.05, 0.1) is 12.0 Å². The van der Waals surface area contributed by atoms with Crippen LogP contribution in [0.4, 0.5) is 0 Å². The van der Waals surface area contributed by atoms with Crippen molar-refractivity contribution in [3.05, 3.63) is 53.0 Å². The van der Waals surface area contributed by atoms with Gasteiger partial charge in [0.2, 0.25) is 11.8 Å². The van der Waals surface area contributed by atoms with Crippen LogP contribution in [0, 0.1) is 5.92 Å². The smallest absolute Gasteiger partial charge is 0.237 e. The molecule has 3 N–H and O–H groups in total. The lowest BCUT2D eigenvalue weighted by Gasteiger charge is -2.43. The van der Waals surface area contributed by atoms with Crippen molar-refractivity contribution < 1.29 is 9.59 Å². The average molecular weight is 467 g/mol. The molecule has 0 bridgehead atoms. The fraction of sp³-hybridized carbons (Fsp3) is 0.538. The minimum absolute atomic E-state index is 0.0193. The van der Waals surface area contributed by atoms with Crippen LogP contribution >= 0.6 is 11.8 Å². The summed E-state index contributed by atoms with van der Waals surface area (Å²) in [6.07, 6.45) is 9.88. The zero-order valence-corrected chi connectivity index (χ0v) is 19.9. The Balaban J connectivity index is 1.18. The fourth-order valence-corrected chi connectivity index (χ4v) is 6.58. The predicted octanol–water partition coefficient (Wildman–Crippen LogP) is 3.23. The number of nitrogens with one attached hydrogen (secondary N) is 3. The Hall–Kier alpha value is -2.09. The molecule has 6 nitrogen and oxygen atoms in total. The number of piperidine rings is 1. The molecule has 0 spiro atoms. The van der Waals surface area contributed by atoms with Crippen molar-refractivity contribution in [2.45, 2.75) is 62.5 Å². The molecule has 4 atom stereocenters. The molecule has 7 heteroatoms. The normalized spacial score (nSPS) is 30.1. The van der Waals surface area contributed by atoms with Crippen molar-refractivity contribution in [2.75, 3.05) is 19.6 Å². The zero-order valence-electron chi connectivity index (χ0n) is 19.1. The maximum Gasteiger partial charge on any atom is 0.237 e. The topological polar surface area (TPSA) is 73.5 Å². The second-order valence-electron chi connectivity index (χ2n) is 9.53. The van der Waals surface area contributed by atoms with Gasteiger partial charge in [-0.05, 0) is 61.5 Å². The highest BCUT2D eigenvalue weighted by Crippen LogP contribution is 2.38. The van der Waals surface area contributed by atoms with Gasteiger partial charge >= 0.3 is 0 Å². The van der Waals surface area contributed by atoms with Crippen LogP contribution in [0.5, 0.6) is 0 Å². The van der Waals surface area contributed by atoms with Crippen molar-refractivity contribution in [3.8, 4) is 0 Å². The van der Waals surface area contributed by atoms with E-state index in [1.807, 2.05) is 18.2 Å². The third kappa shape index (κ3) is 5.20. The predicted molar refractivity (Wildman–Crippen MR) is 133 cm³/mol. The maximum atomic E-state index is 12.9. The summed E-state index contributed by atoms with van der Waals surface area (Å²) in [5.74, 6) is 0.193. The highest BCUT2D eigenvalue weighted by atomic mass is 32.2. The van der Waals surface area contributed by atoms with Gasteiger partial charge in [-0.25, -0.2) is 0 Å². The molecule has 5 rings (SSSR count). The second kappa shape index (κ2) is 10.5. The third-order valence-electron chi connectivity index (χ3n) is 7.28. The number of likely N-dealkylation sites (tertiary alicyclic amines) is 1. The number of allylic oxidation sites excluding steroid dienone is 1. The number of nitrogens with zero attached hydrogens (tertiary/aromatic N) is 1. The van der Waals surface area contributed by atoms with E-state index in [4.69, 9.17) is 0 Å². The van der Waals surface area contributed by atoms with Gasteiger partial charge in [0.25, 0.3) is 0 Å². The molecule has 33 heavy (non-hydrogen) atoms. The SMILES string of the molecule is O=C(NCCC1=CCCCC1)C1CCCN(C2NC(=O)C3SC=C(c4ccccc4)C3N2)C1. The monoisotopic (exact) mass is 466 g/mol. The van der Waals surface area contributed by atoms with Crippen molar-refractivity contribution in [1.29, 1.82) is 0 Å². The van der Waals surface area contributed by atoms with Gasteiger partial charge in [0, 0.05) is 19.6 Å². The summed E-state index contributed by atoms with van der Waals surface area (Å²) in [5.41, 5.74) is 3.82. The van der Waals surface area contributed by atoms with Crippen LogP contribution in [0.25, 0.3) is 5.57 Å². The first-order chi connectivity index (χ1) is 16.2. The van der Waals surface area contributed by atoms with Crippen LogP contribution < -0.4 is 16.0 Å². The Morgan fingerprint density at radius 3 is 2.88 bits per heavy atom. The van der Waals surface area contributed by atoms with Crippen LogP contribution in [0.1, 0.15) is 50.5 Å². The summed E-state index contributed by atoms with van der Waals surface area (Å²) in [4.78, 5) is 28.0. The first-order valence-electron chi connectivity index (χ1n) is 12.4. The number of rotatable bonds is 6. The molecule has 1 aliphatic carbocycles. The lowest BCUT2D eigenvalue weighted by atomic mass is 9.94. The lowest BCUT2D eigenvalue weighted by Crippen LogP contribution is -2.69. The van der Waals surface area contributed by atoms with E-state index in [1.54, 1.807) is 11.8 Å². The molecule has 1 aromatic carbocycles. The largest absolute Gasteiger partial charge is 0.356 e. The van der Waals surface area contributed by atoms with E-state index in [0.717, 1.165) is 37.9 Å². The molecule has 2 fully saturated rings. The Morgan fingerprint density at radius 2 is 2.06 bits per heavy atom. The maximum absolute atomic E-state index is 12.9. The summed E-state index contributed by atoms with van der Waals surface area (Å²) >= 11 is 1.59. The molecule has 2 saturated heterocycles. The van der Waals surface area contributed by atoms with Crippen molar-refractivity contribution in [2.24, 2.45) is 5.92 Å². The van der Waals surface area contributed by atoms with Crippen LogP contribution in [-0.2, 0) is 9.59 Å². The highest BCUT2D eigenvalue weighted by Gasteiger charge is 2.44. The van der Waals surface area contributed by atoms with Gasteiger partial charge in [-0.3, -0.25) is 19.8 Å². The Morgan fingerprint density at radius 1 is 1.18 bits per heavy atom. The van der Waals surface area contributed by atoms with E-state index in [0.29, 0.717) is 6.54 Å². The number of carbonyl (C=O) groups is 2. The molecule has 0 aromatic heterocycles. The molecule has 2 amide bonds. The highest BCUT2D eigenvalue weighted by molar-refractivity contribution is 8.04. The molecule has 0 radical (unpaired) electrons. The summed E-state index contributed by atoms with van der Waals surface area (Å²) < 4.78 is 0. The van der Waals surface area contributed by atoms with Crippen molar-refractivity contribution in [3.63, 3.8) is 0 Å². The van der Waals surface area contributed by atoms with Crippen molar-refractivity contribution in [1.82, 2.24) is 20.9 Å². The third-order valence-corrected chi connectivity index (χ3v) is 8.45. The first kappa shape index (κ1) is 22.7. The number of amides is 2. The van der Waals surface area contributed by atoms with Gasteiger partial charge in [0.15, 0.2) is 0 Å². The van der Waals surface area contributed by atoms with Crippen molar-refractivity contribution >= 4 is 29.1 Å². The van der Waals surface area contributed by atoms with Crippen LogP contribution in [0.3, 0.4) is 0 Å². The molecule has 3 heterocycles. The number of carbonyl (C=O) groups excluding carboxylic acids is 2. The number of fused-ring (bicyclic) bond motifs is 1. The summed E-state index contributed by atoms with van der Waals surface area (Å²) in [7, 11) is 0. The fourth-order valence-electron chi connectivity index (χ4n) is 5.43. The molecule has 4 aliphatic rings. The minimum Gasteiger partial charge on any atom is -0.356 e. The van der Waals surface area contributed by atoms with Gasteiger partial charge in [-0.1, -0.05) is 42.0 Å². The van der Waals surface area contributed by atoms with Gasteiger partial charge < -0.3 is 10.6 Å². The van der Waals surface area contributed by atoms with E-state index in [1.165, 1.54) is 36.8 Å². The number of benzene rings is 1. The van der Waals surface area contributed by atoms with Gasteiger partial charge in [-0.2, -0.15) is 0 Å². The molecule has 0 saturated carbocycles. The second-order valence-corrected chi connectivity index (χ2v) is 10.6. The lowest BCUT2D eigenvalue weighted by molar-refractivity contribution is -0.129. The Bertz CT molecular complexity index is 931.